The Bertz CT molecular complexity index is 821. The average molecular weight is 412 g/mol. The quantitative estimate of drug-likeness (QED) is 0.531. The fraction of sp³-hybridized carbons (Fsp3) is 0.579. The first-order valence-electron chi connectivity index (χ1n) is 9.27. The minimum Gasteiger partial charge on any atom is -0.452 e. The van der Waals surface area contributed by atoms with Gasteiger partial charge in [0.15, 0.2) is 16.4 Å². The van der Waals surface area contributed by atoms with Crippen LogP contribution in [0.4, 0.5) is 0 Å². The third-order valence-electron chi connectivity index (χ3n) is 5.09. The van der Waals surface area contributed by atoms with Crippen LogP contribution in [0.1, 0.15) is 41.9 Å². The van der Waals surface area contributed by atoms with E-state index in [2.05, 4.69) is 0 Å². The lowest BCUT2D eigenvalue weighted by molar-refractivity contribution is -0.150. The van der Waals surface area contributed by atoms with Crippen LogP contribution in [0, 0.1) is 6.92 Å². The number of rotatable bonds is 6. The maximum atomic E-state index is 12.7. The molecule has 3 rings (SSSR count). The first kappa shape index (κ1) is 20.1. The molecule has 1 aromatic heterocycles. The summed E-state index contributed by atoms with van der Waals surface area (Å²) in [6.07, 6.45) is 7.30. The van der Waals surface area contributed by atoms with Crippen molar-refractivity contribution in [2.24, 2.45) is 0 Å². The normalized spacial score (nSPS) is 22.3. The van der Waals surface area contributed by atoms with Crippen LogP contribution in [-0.4, -0.2) is 55.4 Å². The van der Waals surface area contributed by atoms with Crippen molar-refractivity contribution in [3.8, 4) is 0 Å². The van der Waals surface area contributed by atoms with Gasteiger partial charge in [0.1, 0.15) is 0 Å². The van der Waals surface area contributed by atoms with Gasteiger partial charge in [-0.05, 0) is 44.4 Å². The number of hydrogen-bond donors (Lipinski definition) is 0. The summed E-state index contributed by atoms with van der Waals surface area (Å²) in [4.78, 5) is 28.5. The molecule has 0 aromatic carbocycles. The van der Waals surface area contributed by atoms with E-state index in [9.17, 15) is 18.0 Å². The minimum atomic E-state index is -3.08. The van der Waals surface area contributed by atoms with Gasteiger partial charge >= 0.3 is 5.97 Å². The highest BCUT2D eigenvalue weighted by atomic mass is 32.2. The highest BCUT2D eigenvalue weighted by Gasteiger charge is 2.39. The predicted molar refractivity (Wildman–Crippen MR) is 105 cm³/mol. The van der Waals surface area contributed by atoms with Crippen molar-refractivity contribution in [2.75, 3.05) is 18.1 Å². The Kier molecular flexibility index (Phi) is 6.37. The third kappa shape index (κ3) is 5.42. The minimum absolute atomic E-state index is 0.0147. The van der Waals surface area contributed by atoms with Crippen LogP contribution >= 0.6 is 11.3 Å². The molecule has 1 amide bonds. The van der Waals surface area contributed by atoms with Gasteiger partial charge in [-0.1, -0.05) is 12.8 Å². The van der Waals surface area contributed by atoms with E-state index in [1.807, 2.05) is 19.1 Å². The second-order valence-electron chi connectivity index (χ2n) is 7.19. The van der Waals surface area contributed by atoms with Gasteiger partial charge in [0.05, 0.1) is 11.5 Å². The van der Waals surface area contributed by atoms with E-state index in [0.29, 0.717) is 6.42 Å². The van der Waals surface area contributed by atoms with Crippen molar-refractivity contribution in [3.05, 3.63) is 28.0 Å². The predicted octanol–water partition coefficient (Wildman–Crippen LogP) is 2.57. The summed E-state index contributed by atoms with van der Waals surface area (Å²) in [5.41, 5.74) is 0. The zero-order valence-corrected chi connectivity index (χ0v) is 17.1. The molecule has 1 atom stereocenters. The number of nitrogens with zero attached hydrogens (tertiary/aromatic N) is 1. The van der Waals surface area contributed by atoms with Crippen LogP contribution in [0.5, 0.6) is 0 Å². The Hall–Kier alpha value is -1.67. The summed E-state index contributed by atoms with van der Waals surface area (Å²) in [5, 5.41) is 0. The van der Waals surface area contributed by atoms with E-state index in [0.717, 1.165) is 35.4 Å². The summed E-state index contributed by atoms with van der Waals surface area (Å²) in [5.74, 6) is -0.727. The Morgan fingerprint density at radius 1 is 1.22 bits per heavy atom. The van der Waals surface area contributed by atoms with Crippen molar-refractivity contribution in [1.82, 2.24) is 4.90 Å². The van der Waals surface area contributed by atoms with Crippen LogP contribution < -0.4 is 0 Å². The molecule has 1 aliphatic heterocycles. The van der Waals surface area contributed by atoms with Crippen molar-refractivity contribution in [2.45, 2.75) is 51.1 Å². The summed E-state index contributed by atoms with van der Waals surface area (Å²) >= 11 is 1.57. The monoisotopic (exact) mass is 411 g/mol. The maximum Gasteiger partial charge on any atom is 0.331 e. The largest absolute Gasteiger partial charge is 0.452 e. The first-order valence-corrected chi connectivity index (χ1v) is 11.9. The van der Waals surface area contributed by atoms with Crippen LogP contribution in [0.15, 0.2) is 18.2 Å². The molecule has 1 aromatic rings. The van der Waals surface area contributed by atoms with E-state index in [4.69, 9.17) is 4.74 Å². The molecule has 1 unspecified atom stereocenters. The van der Waals surface area contributed by atoms with Gasteiger partial charge in [-0.3, -0.25) is 4.79 Å². The van der Waals surface area contributed by atoms with Crippen molar-refractivity contribution >= 4 is 39.1 Å². The molecule has 1 aliphatic carbocycles. The molecule has 6 nitrogen and oxygen atoms in total. The van der Waals surface area contributed by atoms with Gasteiger partial charge < -0.3 is 9.64 Å². The van der Waals surface area contributed by atoms with Crippen molar-refractivity contribution in [3.63, 3.8) is 0 Å². The Morgan fingerprint density at radius 3 is 2.56 bits per heavy atom. The number of sulfone groups is 1. The third-order valence-corrected chi connectivity index (χ3v) is 7.81. The highest BCUT2D eigenvalue weighted by molar-refractivity contribution is 7.91. The number of carbonyl (C=O) groups excluding carboxylic acids is 2. The highest BCUT2D eigenvalue weighted by Crippen LogP contribution is 2.29. The van der Waals surface area contributed by atoms with Gasteiger partial charge in [0, 0.05) is 27.9 Å². The molecule has 27 heavy (non-hydrogen) atoms. The molecule has 2 aliphatic rings. The molecule has 1 saturated heterocycles. The summed E-state index contributed by atoms with van der Waals surface area (Å²) in [6.45, 7) is 1.64. The van der Waals surface area contributed by atoms with Crippen LogP contribution in [0.3, 0.4) is 0 Å². The Morgan fingerprint density at radius 2 is 1.96 bits per heavy atom. The van der Waals surface area contributed by atoms with Gasteiger partial charge in [-0.15, -0.1) is 11.3 Å². The van der Waals surface area contributed by atoms with E-state index < -0.39 is 15.8 Å². The molecule has 2 fully saturated rings. The lowest BCUT2D eigenvalue weighted by Crippen LogP contribution is -2.48. The van der Waals surface area contributed by atoms with E-state index in [1.54, 1.807) is 22.3 Å². The summed E-state index contributed by atoms with van der Waals surface area (Å²) in [6, 6.07) is 3.64. The molecule has 8 heteroatoms. The Balaban J connectivity index is 1.59. The SMILES string of the molecule is Cc1ccc(/C=C/C(=O)OCC(=O)N(C2CCCC2)C2CCS(=O)(=O)C2)s1. The number of hydrogen-bond acceptors (Lipinski definition) is 6. The van der Waals surface area contributed by atoms with Gasteiger partial charge in [-0.2, -0.15) is 0 Å². The molecule has 1 saturated carbocycles. The lowest BCUT2D eigenvalue weighted by atomic mass is 10.1. The average Bonchev–Trinajstić information content (AvgIpc) is 3.34. The molecule has 0 radical (unpaired) electrons. The van der Waals surface area contributed by atoms with Gasteiger partial charge in [-0.25, -0.2) is 13.2 Å². The molecular weight excluding hydrogens is 386 g/mol. The number of carbonyl (C=O) groups is 2. The topological polar surface area (TPSA) is 80.8 Å². The van der Waals surface area contributed by atoms with E-state index in [1.165, 1.54) is 6.08 Å². The fourth-order valence-electron chi connectivity index (χ4n) is 3.83. The summed E-state index contributed by atoms with van der Waals surface area (Å²) < 4.78 is 28.8. The molecule has 0 spiro atoms. The molecule has 0 N–H and O–H groups in total. The fourth-order valence-corrected chi connectivity index (χ4v) is 6.32. The first-order chi connectivity index (χ1) is 12.8. The van der Waals surface area contributed by atoms with Crippen LogP contribution in [0.25, 0.3) is 6.08 Å². The van der Waals surface area contributed by atoms with Crippen LogP contribution in [-0.2, 0) is 24.2 Å². The number of esters is 1. The maximum absolute atomic E-state index is 12.7. The standard InChI is InChI=1S/C19H25NO5S2/c1-14-6-7-17(26-14)8-9-19(22)25-12-18(21)20(15-4-2-3-5-15)16-10-11-27(23,24)13-16/h6-9,15-16H,2-5,10-13H2,1H3/b9-8+. The number of amides is 1. The number of aryl methyl sites for hydroxylation is 1. The molecular formula is C19H25NO5S2. The van der Waals surface area contributed by atoms with E-state index in [-0.39, 0.29) is 36.1 Å². The molecule has 2 heterocycles. The smallest absolute Gasteiger partial charge is 0.331 e. The zero-order valence-electron chi connectivity index (χ0n) is 15.4. The Labute approximate surface area is 164 Å². The lowest BCUT2D eigenvalue weighted by Gasteiger charge is -2.33. The second kappa shape index (κ2) is 8.56. The van der Waals surface area contributed by atoms with Gasteiger partial charge in [0.25, 0.3) is 5.91 Å². The van der Waals surface area contributed by atoms with E-state index >= 15 is 0 Å². The zero-order chi connectivity index (χ0) is 19.4. The molecule has 0 bridgehead atoms. The number of ether oxygens (including phenoxy) is 1. The second-order valence-corrected chi connectivity index (χ2v) is 10.7. The molecule has 148 valence electrons. The van der Waals surface area contributed by atoms with Crippen LogP contribution in [0.2, 0.25) is 0 Å². The van der Waals surface area contributed by atoms with Crippen molar-refractivity contribution in [1.29, 1.82) is 0 Å². The van der Waals surface area contributed by atoms with Gasteiger partial charge in [0.2, 0.25) is 0 Å². The summed E-state index contributed by atoms with van der Waals surface area (Å²) in [7, 11) is -3.08. The van der Waals surface area contributed by atoms with Crippen molar-refractivity contribution < 1.29 is 22.7 Å². The number of thiophene rings is 1.